The van der Waals surface area contributed by atoms with E-state index in [0.29, 0.717) is 17.8 Å². The fourth-order valence-electron chi connectivity index (χ4n) is 4.41. The number of nitrogens with one attached hydrogen (secondary N) is 1. The molecule has 2 amide bonds. The third-order valence-corrected chi connectivity index (χ3v) is 6.42. The number of benzene rings is 1. The Morgan fingerprint density at radius 1 is 1.06 bits per heavy atom. The highest BCUT2D eigenvalue weighted by atomic mass is 16.5. The van der Waals surface area contributed by atoms with Gasteiger partial charge >= 0.3 is 6.09 Å². The van der Waals surface area contributed by atoms with Crippen LogP contribution in [0.4, 0.5) is 10.5 Å². The monoisotopic (exact) mass is 451 g/mol. The minimum Gasteiger partial charge on any atom is -0.453 e. The first-order valence-electron chi connectivity index (χ1n) is 11.8. The highest BCUT2D eigenvalue weighted by Gasteiger charge is 2.36. The molecular formula is C25H33N5O3. The molecule has 4 rings (SSSR count). The van der Waals surface area contributed by atoms with Crippen LogP contribution in [-0.2, 0) is 16.1 Å². The number of amides is 2. The number of carbonyl (C=O) groups excluding carboxylic acids is 2. The van der Waals surface area contributed by atoms with Gasteiger partial charge in [-0.2, -0.15) is 0 Å². The van der Waals surface area contributed by atoms with Crippen LogP contribution in [0, 0.1) is 5.92 Å². The molecule has 2 aliphatic rings. The molecule has 2 fully saturated rings. The SMILES string of the molecule is COC(=O)Nc1ccc(-c2cnc(CN(C3CC3)C3CCN(C(=O)C(C)C)CC3)cn2)cc1. The molecule has 1 N–H and O–H groups in total. The van der Waals surface area contributed by atoms with Crippen LogP contribution in [0.25, 0.3) is 11.3 Å². The molecule has 2 heterocycles. The number of hydrogen-bond acceptors (Lipinski definition) is 6. The fraction of sp³-hybridized carbons (Fsp3) is 0.520. The minimum atomic E-state index is -0.496. The van der Waals surface area contributed by atoms with E-state index in [2.05, 4.69) is 19.9 Å². The summed E-state index contributed by atoms with van der Waals surface area (Å²) in [5, 5.41) is 2.64. The van der Waals surface area contributed by atoms with E-state index in [-0.39, 0.29) is 11.8 Å². The average molecular weight is 452 g/mol. The summed E-state index contributed by atoms with van der Waals surface area (Å²) in [5.74, 6) is 0.331. The van der Waals surface area contributed by atoms with Crippen molar-refractivity contribution in [2.24, 2.45) is 5.92 Å². The van der Waals surface area contributed by atoms with Gasteiger partial charge in [0.25, 0.3) is 0 Å². The Bertz CT molecular complexity index is 949. The minimum absolute atomic E-state index is 0.0650. The first kappa shape index (κ1) is 23.2. The van der Waals surface area contributed by atoms with E-state index in [1.807, 2.05) is 55.4 Å². The summed E-state index contributed by atoms with van der Waals surface area (Å²) in [6.45, 7) is 6.43. The lowest BCUT2D eigenvalue weighted by Gasteiger charge is -2.39. The number of nitrogens with zero attached hydrogens (tertiary/aromatic N) is 4. The van der Waals surface area contributed by atoms with Crippen molar-refractivity contribution in [3.8, 4) is 11.3 Å². The molecule has 1 aromatic carbocycles. The van der Waals surface area contributed by atoms with E-state index in [0.717, 1.165) is 49.4 Å². The first-order chi connectivity index (χ1) is 15.9. The predicted octanol–water partition coefficient (Wildman–Crippen LogP) is 3.93. The van der Waals surface area contributed by atoms with Crippen molar-refractivity contribution in [1.82, 2.24) is 19.8 Å². The molecule has 1 aliphatic carbocycles. The molecule has 8 heteroatoms. The molecule has 0 unspecified atom stereocenters. The average Bonchev–Trinajstić information content (AvgIpc) is 3.68. The molecule has 0 spiro atoms. The summed E-state index contributed by atoms with van der Waals surface area (Å²) in [5.41, 5.74) is 3.36. The third-order valence-electron chi connectivity index (χ3n) is 6.42. The van der Waals surface area contributed by atoms with E-state index in [1.54, 1.807) is 0 Å². The fourth-order valence-corrected chi connectivity index (χ4v) is 4.41. The summed E-state index contributed by atoms with van der Waals surface area (Å²) in [6.07, 6.45) is 7.70. The third kappa shape index (κ3) is 5.87. The number of carbonyl (C=O) groups is 2. The van der Waals surface area contributed by atoms with Crippen LogP contribution in [0.1, 0.15) is 45.2 Å². The molecular weight excluding hydrogens is 418 g/mol. The molecule has 1 saturated heterocycles. The second-order valence-electron chi connectivity index (χ2n) is 9.20. The van der Waals surface area contributed by atoms with Crippen LogP contribution in [0.5, 0.6) is 0 Å². The van der Waals surface area contributed by atoms with Crippen LogP contribution >= 0.6 is 0 Å². The lowest BCUT2D eigenvalue weighted by molar-refractivity contribution is -0.136. The van der Waals surface area contributed by atoms with Gasteiger partial charge in [-0.3, -0.25) is 25.0 Å². The molecule has 176 valence electrons. The van der Waals surface area contributed by atoms with Gasteiger partial charge in [0.2, 0.25) is 5.91 Å². The highest BCUT2D eigenvalue weighted by Crippen LogP contribution is 2.33. The van der Waals surface area contributed by atoms with Gasteiger partial charge in [0, 0.05) is 48.9 Å². The van der Waals surface area contributed by atoms with Gasteiger partial charge in [-0.1, -0.05) is 26.0 Å². The van der Waals surface area contributed by atoms with Crippen LogP contribution < -0.4 is 5.32 Å². The van der Waals surface area contributed by atoms with Crippen molar-refractivity contribution >= 4 is 17.7 Å². The molecule has 1 saturated carbocycles. The van der Waals surface area contributed by atoms with Crippen LogP contribution in [0.3, 0.4) is 0 Å². The summed E-state index contributed by atoms with van der Waals surface area (Å²) in [4.78, 5) is 37.6. The second kappa shape index (κ2) is 10.3. The molecule has 1 aliphatic heterocycles. The van der Waals surface area contributed by atoms with Gasteiger partial charge in [0.15, 0.2) is 0 Å². The predicted molar refractivity (Wildman–Crippen MR) is 127 cm³/mol. The molecule has 33 heavy (non-hydrogen) atoms. The van der Waals surface area contributed by atoms with Crippen molar-refractivity contribution in [3.05, 3.63) is 42.4 Å². The maximum Gasteiger partial charge on any atom is 0.411 e. The van der Waals surface area contributed by atoms with E-state index in [4.69, 9.17) is 4.98 Å². The van der Waals surface area contributed by atoms with Gasteiger partial charge in [-0.05, 0) is 37.8 Å². The number of hydrogen-bond donors (Lipinski definition) is 1. The van der Waals surface area contributed by atoms with E-state index in [1.165, 1.54) is 20.0 Å². The smallest absolute Gasteiger partial charge is 0.411 e. The highest BCUT2D eigenvalue weighted by molar-refractivity contribution is 5.84. The number of likely N-dealkylation sites (tertiary alicyclic amines) is 1. The Kier molecular flexibility index (Phi) is 7.23. The zero-order valence-corrected chi connectivity index (χ0v) is 19.7. The Morgan fingerprint density at radius 2 is 1.73 bits per heavy atom. The number of piperidine rings is 1. The second-order valence-corrected chi connectivity index (χ2v) is 9.20. The quantitative estimate of drug-likeness (QED) is 0.686. The topological polar surface area (TPSA) is 87.7 Å². The van der Waals surface area contributed by atoms with Crippen molar-refractivity contribution < 1.29 is 14.3 Å². The van der Waals surface area contributed by atoms with Crippen LogP contribution in [0.15, 0.2) is 36.7 Å². The molecule has 0 radical (unpaired) electrons. The van der Waals surface area contributed by atoms with Crippen molar-refractivity contribution in [2.75, 3.05) is 25.5 Å². The van der Waals surface area contributed by atoms with Crippen LogP contribution in [-0.4, -0.2) is 64.1 Å². The van der Waals surface area contributed by atoms with Crippen molar-refractivity contribution in [2.45, 2.75) is 58.2 Å². The molecule has 0 atom stereocenters. The zero-order valence-electron chi connectivity index (χ0n) is 19.7. The number of aromatic nitrogens is 2. The summed E-state index contributed by atoms with van der Waals surface area (Å²) in [6, 6.07) is 8.54. The van der Waals surface area contributed by atoms with Crippen molar-refractivity contribution in [3.63, 3.8) is 0 Å². The van der Waals surface area contributed by atoms with Crippen LogP contribution in [0.2, 0.25) is 0 Å². The summed E-state index contributed by atoms with van der Waals surface area (Å²) >= 11 is 0. The van der Waals surface area contributed by atoms with E-state index in [9.17, 15) is 9.59 Å². The standard InChI is InChI=1S/C25H33N5O3/c1-17(2)24(31)29-12-10-22(11-13-29)30(21-8-9-21)16-20-14-27-23(15-26-20)18-4-6-19(7-5-18)28-25(32)33-3/h4-7,14-15,17,21-22H,8-13,16H2,1-3H3,(H,28,32). The van der Waals surface area contributed by atoms with E-state index < -0.39 is 6.09 Å². The summed E-state index contributed by atoms with van der Waals surface area (Å²) < 4.78 is 4.61. The Balaban J connectivity index is 1.36. The Hall–Kier alpha value is -3.00. The Labute approximate surface area is 195 Å². The largest absolute Gasteiger partial charge is 0.453 e. The van der Waals surface area contributed by atoms with Gasteiger partial charge < -0.3 is 9.64 Å². The zero-order chi connectivity index (χ0) is 23.4. The first-order valence-corrected chi connectivity index (χ1v) is 11.8. The Morgan fingerprint density at radius 3 is 2.27 bits per heavy atom. The van der Waals surface area contributed by atoms with Crippen molar-refractivity contribution in [1.29, 1.82) is 0 Å². The number of ether oxygens (including phenoxy) is 1. The maximum absolute atomic E-state index is 12.3. The lowest BCUT2D eigenvalue weighted by atomic mass is 10.0. The molecule has 0 bridgehead atoms. The maximum atomic E-state index is 12.3. The van der Waals surface area contributed by atoms with E-state index >= 15 is 0 Å². The number of rotatable bonds is 7. The van der Waals surface area contributed by atoms with Gasteiger partial charge in [0.05, 0.1) is 30.9 Å². The molecule has 8 nitrogen and oxygen atoms in total. The molecule has 1 aromatic heterocycles. The van der Waals surface area contributed by atoms with Gasteiger partial charge in [-0.15, -0.1) is 0 Å². The normalized spacial score (nSPS) is 16.8. The molecule has 2 aromatic rings. The summed E-state index contributed by atoms with van der Waals surface area (Å²) in [7, 11) is 1.34. The number of methoxy groups -OCH3 is 1. The van der Waals surface area contributed by atoms with Gasteiger partial charge in [-0.25, -0.2) is 4.79 Å². The number of anilines is 1. The van der Waals surface area contributed by atoms with Gasteiger partial charge in [0.1, 0.15) is 0 Å². The lowest BCUT2D eigenvalue weighted by Crippen LogP contribution is -2.48.